The van der Waals surface area contributed by atoms with Gasteiger partial charge in [0.1, 0.15) is 17.7 Å². The lowest BCUT2D eigenvalue weighted by molar-refractivity contribution is 0.400. The zero-order valence-electron chi connectivity index (χ0n) is 14.3. The molecule has 0 aliphatic heterocycles. The molecule has 0 saturated heterocycles. The third-order valence-corrected chi connectivity index (χ3v) is 4.19. The van der Waals surface area contributed by atoms with Gasteiger partial charge in [0, 0.05) is 11.1 Å². The van der Waals surface area contributed by atoms with Crippen LogP contribution in [-0.2, 0) is 0 Å². The summed E-state index contributed by atoms with van der Waals surface area (Å²) in [6.07, 6.45) is 1.49. The quantitative estimate of drug-likeness (QED) is 0.568. The van der Waals surface area contributed by atoms with Gasteiger partial charge < -0.3 is 4.74 Å². The van der Waals surface area contributed by atoms with Crippen molar-refractivity contribution < 1.29 is 4.74 Å². The molecule has 2 heterocycles. The molecule has 6 nitrogen and oxygen atoms in total. The van der Waals surface area contributed by atoms with Crippen molar-refractivity contribution in [3.05, 3.63) is 66.0 Å². The van der Waals surface area contributed by atoms with Crippen molar-refractivity contribution in [1.29, 1.82) is 5.26 Å². The molecule has 0 saturated carbocycles. The number of nitrogens with zero attached hydrogens (tertiary/aromatic N) is 5. The van der Waals surface area contributed by atoms with Crippen molar-refractivity contribution in [1.82, 2.24) is 19.6 Å². The number of rotatable bonds is 3. The third-order valence-electron chi connectivity index (χ3n) is 4.19. The molecular formula is C20H15N5O. The van der Waals surface area contributed by atoms with Gasteiger partial charge in [0.25, 0.3) is 5.88 Å². The van der Waals surface area contributed by atoms with E-state index in [0.29, 0.717) is 22.8 Å². The zero-order chi connectivity index (χ0) is 18.1. The van der Waals surface area contributed by atoms with Crippen molar-refractivity contribution >= 4 is 5.65 Å². The third kappa shape index (κ3) is 2.56. The molecule has 4 aromatic rings. The molecule has 2 aromatic heterocycles. The summed E-state index contributed by atoms with van der Waals surface area (Å²) in [6, 6.07) is 17.6. The Kier molecular flexibility index (Phi) is 3.82. The van der Waals surface area contributed by atoms with Crippen LogP contribution in [0.3, 0.4) is 0 Å². The summed E-state index contributed by atoms with van der Waals surface area (Å²) in [6.45, 7) is 2.04. The molecule has 0 atom stereocenters. The Morgan fingerprint density at radius 1 is 1.00 bits per heavy atom. The monoisotopic (exact) mass is 341 g/mol. The van der Waals surface area contributed by atoms with E-state index < -0.39 is 0 Å². The molecule has 4 rings (SSSR count). The van der Waals surface area contributed by atoms with Crippen LogP contribution >= 0.6 is 0 Å². The van der Waals surface area contributed by atoms with Gasteiger partial charge in [-0.25, -0.2) is 14.5 Å². The van der Waals surface area contributed by atoms with E-state index in [0.717, 1.165) is 16.8 Å². The average molecular weight is 341 g/mol. The number of nitriles is 1. The Balaban J connectivity index is 2.05. The molecule has 0 unspecified atom stereocenters. The molecule has 0 aliphatic carbocycles. The summed E-state index contributed by atoms with van der Waals surface area (Å²) in [5.74, 6) is 0.401. The lowest BCUT2D eigenvalue weighted by atomic mass is 10.0. The summed E-state index contributed by atoms with van der Waals surface area (Å²) < 4.78 is 7.16. The predicted octanol–water partition coefficient (Wildman–Crippen LogP) is 3.65. The fraction of sp³-hybridized carbons (Fsp3) is 0.100. The predicted molar refractivity (Wildman–Crippen MR) is 97.7 cm³/mol. The maximum Gasteiger partial charge on any atom is 0.260 e. The van der Waals surface area contributed by atoms with Gasteiger partial charge in [-0.05, 0) is 19.1 Å². The Morgan fingerprint density at radius 3 is 2.35 bits per heavy atom. The summed E-state index contributed by atoms with van der Waals surface area (Å²) >= 11 is 0. The van der Waals surface area contributed by atoms with E-state index in [1.807, 2.05) is 43.3 Å². The fourth-order valence-electron chi connectivity index (χ4n) is 2.87. The molecular weight excluding hydrogens is 326 g/mol. The highest BCUT2D eigenvalue weighted by atomic mass is 16.5. The fourth-order valence-corrected chi connectivity index (χ4v) is 2.87. The lowest BCUT2D eigenvalue weighted by Crippen LogP contribution is -2.03. The minimum Gasteiger partial charge on any atom is -0.478 e. The number of hydrogen-bond donors (Lipinski definition) is 0. The van der Waals surface area contributed by atoms with E-state index in [1.165, 1.54) is 11.9 Å². The lowest BCUT2D eigenvalue weighted by Gasteiger charge is -2.13. The van der Waals surface area contributed by atoms with Gasteiger partial charge in [0.2, 0.25) is 5.65 Å². The smallest absolute Gasteiger partial charge is 0.260 e. The number of methoxy groups -OCH3 is 1. The molecule has 0 aliphatic rings. The maximum atomic E-state index is 9.05. The largest absolute Gasteiger partial charge is 0.478 e. The van der Waals surface area contributed by atoms with Gasteiger partial charge in [-0.2, -0.15) is 10.4 Å². The van der Waals surface area contributed by atoms with Gasteiger partial charge in [0.15, 0.2) is 0 Å². The Labute approximate surface area is 150 Å². The normalized spacial score (nSPS) is 10.7. The number of aryl methyl sites for hydroxylation is 1. The minimum atomic E-state index is 0.401. The Hall–Kier alpha value is -3.72. The molecule has 26 heavy (non-hydrogen) atoms. The van der Waals surface area contributed by atoms with Crippen LogP contribution in [0.5, 0.6) is 5.88 Å². The number of fused-ring (bicyclic) bond motifs is 1. The van der Waals surface area contributed by atoms with E-state index >= 15 is 0 Å². The van der Waals surface area contributed by atoms with Gasteiger partial charge >= 0.3 is 0 Å². The first-order valence-corrected chi connectivity index (χ1v) is 8.06. The number of benzene rings is 2. The highest BCUT2D eigenvalue weighted by Gasteiger charge is 2.19. The first-order valence-electron chi connectivity index (χ1n) is 8.06. The standard InChI is InChI=1S/C20H15N5O/c1-13-3-7-16(8-4-13)18-17(15-9-5-14(11-21)6-10-15)24-20(26-2)19-22-12-23-25(18)19/h3-10,12H,1-2H3. The SMILES string of the molecule is COc1nc(-c2ccc(C#N)cc2)c(-c2ccc(C)cc2)n2ncnc12. The van der Waals surface area contributed by atoms with Crippen LogP contribution in [0.15, 0.2) is 54.9 Å². The molecule has 0 radical (unpaired) electrons. The van der Waals surface area contributed by atoms with Crippen LogP contribution in [0.1, 0.15) is 11.1 Å². The van der Waals surface area contributed by atoms with Crippen LogP contribution in [0.2, 0.25) is 0 Å². The molecule has 0 fully saturated rings. The van der Waals surface area contributed by atoms with E-state index in [9.17, 15) is 0 Å². The highest BCUT2D eigenvalue weighted by molar-refractivity contribution is 5.81. The Bertz CT molecular complexity index is 1120. The van der Waals surface area contributed by atoms with Crippen molar-refractivity contribution in [3.8, 4) is 34.5 Å². The topological polar surface area (TPSA) is 76.1 Å². The average Bonchev–Trinajstić information content (AvgIpc) is 3.17. The van der Waals surface area contributed by atoms with Crippen LogP contribution < -0.4 is 4.74 Å². The Morgan fingerprint density at radius 2 is 1.69 bits per heavy atom. The van der Waals surface area contributed by atoms with Gasteiger partial charge in [-0.1, -0.05) is 42.0 Å². The maximum absolute atomic E-state index is 9.05. The number of hydrogen-bond acceptors (Lipinski definition) is 5. The molecule has 6 heteroatoms. The summed E-state index contributed by atoms with van der Waals surface area (Å²) in [5, 5.41) is 13.4. The molecule has 0 N–H and O–H groups in total. The first kappa shape index (κ1) is 15.8. The second kappa shape index (κ2) is 6.30. The van der Waals surface area contributed by atoms with Crippen molar-refractivity contribution in [2.45, 2.75) is 6.92 Å². The number of aromatic nitrogens is 4. The van der Waals surface area contributed by atoms with Gasteiger partial charge in [-0.15, -0.1) is 0 Å². The summed E-state index contributed by atoms with van der Waals surface area (Å²) in [4.78, 5) is 8.96. The molecule has 0 amide bonds. The molecule has 0 bridgehead atoms. The van der Waals surface area contributed by atoms with Gasteiger partial charge in [0.05, 0.1) is 18.7 Å². The van der Waals surface area contributed by atoms with Crippen LogP contribution in [0.25, 0.3) is 28.2 Å². The minimum absolute atomic E-state index is 0.401. The number of ether oxygens (including phenoxy) is 1. The van der Waals surface area contributed by atoms with Crippen LogP contribution in [0, 0.1) is 18.3 Å². The van der Waals surface area contributed by atoms with Gasteiger partial charge in [-0.3, -0.25) is 0 Å². The van der Waals surface area contributed by atoms with E-state index in [1.54, 1.807) is 23.8 Å². The van der Waals surface area contributed by atoms with Crippen molar-refractivity contribution in [2.24, 2.45) is 0 Å². The molecule has 0 spiro atoms. The van der Waals surface area contributed by atoms with Crippen LogP contribution in [-0.4, -0.2) is 26.7 Å². The molecule has 126 valence electrons. The zero-order valence-corrected chi connectivity index (χ0v) is 14.3. The van der Waals surface area contributed by atoms with E-state index in [-0.39, 0.29) is 0 Å². The second-order valence-corrected chi connectivity index (χ2v) is 5.87. The van der Waals surface area contributed by atoms with Crippen molar-refractivity contribution in [2.75, 3.05) is 7.11 Å². The van der Waals surface area contributed by atoms with Crippen LogP contribution in [0.4, 0.5) is 0 Å². The first-order chi connectivity index (χ1) is 12.7. The van der Waals surface area contributed by atoms with Crippen molar-refractivity contribution in [3.63, 3.8) is 0 Å². The molecule has 2 aromatic carbocycles. The second-order valence-electron chi connectivity index (χ2n) is 5.87. The highest BCUT2D eigenvalue weighted by Crippen LogP contribution is 2.34. The van der Waals surface area contributed by atoms with E-state index in [4.69, 9.17) is 10.00 Å². The summed E-state index contributed by atoms with van der Waals surface area (Å²) in [7, 11) is 1.56. The summed E-state index contributed by atoms with van der Waals surface area (Å²) in [5.41, 5.74) is 5.71. The van der Waals surface area contributed by atoms with E-state index in [2.05, 4.69) is 21.1 Å².